The maximum Gasteiger partial charge on any atom is 0.279 e. The van der Waals surface area contributed by atoms with Crippen LogP contribution in [0.5, 0.6) is 0 Å². The molecule has 0 saturated carbocycles. The second kappa shape index (κ2) is 8.35. The number of fused-ring (bicyclic) bond motifs is 1. The molecular weight excluding hydrogens is 338 g/mol. The van der Waals surface area contributed by atoms with E-state index in [0.29, 0.717) is 23.8 Å². The Balaban J connectivity index is 1.60. The van der Waals surface area contributed by atoms with Crippen molar-refractivity contribution >= 4 is 17.5 Å². The first-order valence-corrected chi connectivity index (χ1v) is 9.47. The van der Waals surface area contributed by atoms with Gasteiger partial charge in [-0.3, -0.25) is 9.59 Å². The third kappa shape index (κ3) is 4.55. The van der Waals surface area contributed by atoms with Crippen LogP contribution in [-0.2, 0) is 11.2 Å². The highest BCUT2D eigenvalue weighted by atomic mass is 16.2. The number of carbonyl (C=O) groups excluding carboxylic acids is 2. The molecule has 0 heterocycles. The summed E-state index contributed by atoms with van der Waals surface area (Å²) in [6.45, 7) is 0.414. The van der Waals surface area contributed by atoms with Crippen LogP contribution in [0.4, 0.5) is 5.69 Å². The average Bonchev–Trinajstić information content (AvgIpc) is 2.67. The lowest BCUT2D eigenvalue weighted by molar-refractivity contribution is -0.905. The second-order valence-electron chi connectivity index (χ2n) is 7.49. The molecule has 2 aromatic rings. The van der Waals surface area contributed by atoms with Crippen molar-refractivity contribution in [1.29, 1.82) is 0 Å². The Labute approximate surface area is 161 Å². The first-order valence-electron chi connectivity index (χ1n) is 9.47. The standard InChI is InChI=1S/C22H27N3O2/c1-24(2)22(27)17-11-13-18(14-12-17)23-21(26)15-25(3)20-10-6-8-16-7-4-5-9-19(16)20/h4-5,7,9,11-14,20H,6,8,10,15H2,1-3H3,(H,23,26)/p+1/t20-/m0/s1. The quantitative estimate of drug-likeness (QED) is 0.849. The van der Waals surface area contributed by atoms with E-state index in [4.69, 9.17) is 0 Å². The van der Waals surface area contributed by atoms with Crippen LogP contribution in [0.15, 0.2) is 48.5 Å². The van der Waals surface area contributed by atoms with Gasteiger partial charge in [-0.05, 0) is 42.7 Å². The lowest BCUT2D eigenvalue weighted by Crippen LogP contribution is -3.10. The highest BCUT2D eigenvalue weighted by Crippen LogP contribution is 2.27. The minimum absolute atomic E-state index is 0.0118. The molecule has 1 aliphatic carbocycles. The van der Waals surface area contributed by atoms with Gasteiger partial charge in [-0.2, -0.15) is 0 Å². The molecule has 1 aliphatic rings. The van der Waals surface area contributed by atoms with Crippen molar-refractivity contribution in [1.82, 2.24) is 4.90 Å². The number of nitrogens with zero attached hydrogens (tertiary/aromatic N) is 1. The number of nitrogens with one attached hydrogen (secondary N) is 2. The number of hydrogen-bond acceptors (Lipinski definition) is 2. The summed E-state index contributed by atoms with van der Waals surface area (Å²) in [5.74, 6) is -0.0599. The van der Waals surface area contributed by atoms with E-state index in [1.165, 1.54) is 27.3 Å². The van der Waals surface area contributed by atoms with Crippen molar-refractivity contribution < 1.29 is 14.5 Å². The van der Waals surface area contributed by atoms with Gasteiger partial charge in [-0.25, -0.2) is 0 Å². The molecule has 5 nitrogen and oxygen atoms in total. The predicted octanol–water partition coefficient (Wildman–Crippen LogP) is 1.92. The monoisotopic (exact) mass is 366 g/mol. The largest absolute Gasteiger partial charge is 0.345 e. The number of anilines is 1. The Morgan fingerprint density at radius 2 is 1.81 bits per heavy atom. The summed E-state index contributed by atoms with van der Waals surface area (Å²) < 4.78 is 0. The number of benzene rings is 2. The number of quaternary nitrogens is 1. The number of carbonyl (C=O) groups is 2. The Morgan fingerprint density at radius 1 is 1.11 bits per heavy atom. The van der Waals surface area contributed by atoms with E-state index < -0.39 is 0 Å². The van der Waals surface area contributed by atoms with Crippen LogP contribution < -0.4 is 10.2 Å². The zero-order valence-electron chi connectivity index (χ0n) is 16.3. The molecule has 2 N–H and O–H groups in total. The molecule has 0 aliphatic heterocycles. The van der Waals surface area contributed by atoms with Gasteiger partial charge in [0.15, 0.2) is 6.54 Å². The van der Waals surface area contributed by atoms with E-state index in [2.05, 4.69) is 36.6 Å². The van der Waals surface area contributed by atoms with Crippen LogP contribution in [0.25, 0.3) is 0 Å². The Hall–Kier alpha value is -2.66. The van der Waals surface area contributed by atoms with Crippen LogP contribution >= 0.6 is 0 Å². The van der Waals surface area contributed by atoms with Gasteiger partial charge in [0.2, 0.25) is 0 Å². The van der Waals surface area contributed by atoms with Crippen molar-refractivity contribution in [2.24, 2.45) is 0 Å². The molecule has 2 aromatic carbocycles. The summed E-state index contributed by atoms with van der Waals surface area (Å²) in [6, 6.07) is 16.0. The van der Waals surface area contributed by atoms with Crippen LogP contribution in [-0.4, -0.2) is 44.4 Å². The van der Waals surface area contributed by atoms with Gasteiger partial charge in [0, 0.05) is 37.3 Å². The SMILES string of the molecule is CN(C)C(=O)c1ccc(NC(=O)C[NH+](C)[C@H]2CCCc3ccccc32)cc1. The molecule has 0 bridgehead atoms. The van der Waals surface area contributed by atoms with Crippen molar-refractivity contribution in [2.75, 3.05) is 33.0 Å². The third-order valence-electron chi connectivity index (χ3n) is 5.23. The summed E-state index contributed by atoms with van der Waals surface area (Å²) >= 11 is 0. The minimum atomic E-state index is -0.0481. The molecule has 1 unspecified atom stereocenters. The van der Waals surface area contributed by atoms with E-state index in [1.807, 2.05) is 0 Å². The fourth-order valence-corrected chi connectivity index (χ4v) is 3.80. The lowest BCUT2D eigenvalue weighted by atomic mass is 9.87. The number of hydrogen-bond donors (Lipinski definition) is 2. The van der Waals surface area contributed by atoms with E-state index in [0.717, 1.165) is 12.8 Å². The number of aryl methyl sites for hydroxylation is 1. The Kier molecular flexibility index (Phi) is 5.91. The molecule has 0 spiro atoms. The van der Waals surface area contributed by atoms with Gasteiger partial charge in [0.1, 0.15) is 6.04 Å². The summed E-state index contributed by atoms with van der Waals surface area (Å²) in [4.78, 5) is 27.2. The Morgan fingerprint density at radius 3 is 2.52 bits per heavy atom. The number of likely N-dealkylation sites (N-methyl/N-ethyl adjacent to an activating group) is 1. The summed E-state index contributed by atoms with van der Waals surface area (Å²) in [5, 5.41) is 2.95. The highest BCUT2D eigenvalue weighted by molar-refractivity contribution is 5.95. The lowest BCUT2D eigenvalue weighted by Gasteiger charge is -2.30. The molecule has 2 amide bonds. The number of amides is 2. The molecule has 0 fully saturated rings. The zero-order chi connectivity index (χ0) is 19.4. The summed E-state index contributed by atoms with van der Waals surface area (Å²) in [6.07, 6.45) is 3.41. The predicted molar refractivity (Wildman–Crippen MR) is 107 cm³/mol. The maximum atomic E-state index is 12.5. The van der Waals surface area contributed by atoms with Crippen molar-refractivity contribution in [2.45, 2.75) is 25.3 Å². The third-order valence-corrected chi connectivity index (χ3v) is 5.23. The zero-order valence-corrected chi connectivity index (χ0v) is 16.3. The van der Waals surface area contributed by atoms with Crippen LogP contribution in [0.1, 0.15) is 40.4 Å². The van der Waals surface area contributed by atoms with Crippen molar-refractivity contribution in [3.63, 3.8) is 0 Å². The van der Waals surface area contributed by atoms with E-state index in [1.54, 1.807) is 38.4 Å². The fourth-order valence-electron chi connectivity index (χ4n) is 3.80. The van der Waals surface area contributed by atoms with Crippen LogP contribution in [0.3, 0.4) is 0 Å². The minimum Gasteiger partial charge on any atom is -0.345 e. The highest BCUT2D eigenvalue weighted by Gasteiger charge is 2.27. The van der Waals surface area contributed by atoms with Crippen LogP contribution in [0.2, 0.25) is 0 Å². The van der Waals surface area contributed by atoms with E-state index >= 15 is 0 Å². The van der Waals surface area contributed by atoms with Gasteiger partial charge in [-0.1, -0.05) is 24.3 Å². The van der Waals surface area contributed by atoms with Gasteiger partial charge in [0.05, 0.1) is 7.05 Å². The number of rotatable bonds is 5. The first-order chi connectivity index (χ1) is 13.0. The Bertz CT molecular complexity index is 815. The van der Waals surface area contributed by atoms with Gasteiger partial charge < -0.3 is 15.1 Å². The van der Waals surface area contributed by atoms with Gasteiger partial charge >= 0.3 is 0 Å². The average molecular weight is 366 g/mol. The smallest absolute Gasteiger partial charge is 0.279 e. The summed E-state index contributed by atoms with van der Waals surface area (Å²) in [5.41, 5.74) is 4.11. The van der Waals surface area contributed by atoms with E-state index in [-0.39, 0.29) is 11.8 Å². The van der Waals surface area contributed by atoms with Gasteiger partial charge in [-0.15, -0.1) is 0 Å². The molecule has 0 saturated heterocycles. The van der Waals surface area contributed by atoms with Crippen LogP contribution in [0, 0.1) is 0 Å². The molecule has 27 heavy (non-hydrogen) atoms. The molecule has 142 valence electrons. The molecular formula is C22H28N3O2+. The topological polar surface area (TPSA) is 53.9 Å². The fraction of sp³-hybridized carbons (Fsp3) is 0.364. The van der Waals surface area contributed by atoms with Crippen molar-refractivity contribution in [3.05, 3.63) is 65.2 Å². The first kappa shape index (κ1) is 19.1. The molecule has 0 aromatic heterocycles. The molecule has 3 rings (SSSR count). The normalized spacial score (nSPS) is 16.9. The summed E-state index contributed by atoms with van der Waals surface area (Å²) in [7, 11) is 5.53. The molecule has 0 radical (unpaired) electrons. The van der Waals surface area contributed by atoms with E-state index in [9.17, 15) is 9.59 Å². The van der Waals surface area contributed by atoms with Gasteiger partial charge in [0.25, 0.3) is 11.8 Å². The molecule has 5 heteroatoms. The maximum absolute atomic E-state index is 12.5. The van der Waals surface area contributed by atoms with Crippen molar-refractivity contribution in [3.8, 4) is 0 Å². The molecule has 2 atom stereocenters. The second-order valence-corrected chi connectivity index (χ2v) is 7.49.